The first-order valence-electron chi connectivity index (χ1n) is 4.01. The third-order valence-electron chi connectivity index (χ3n) is 2.35. The van der Waals surface area contributed by atoms with Crippen LogP contribution in [0.2, 0.25) is 0 Å². The minimum Gasteiger partial charge on any atom is -0.298 e. The van der Waals surface area contributed by atoms with Gasteiger partial charge in [0.25, 0.3) is 0 Å². The molecule has 1 nitrogen and oxygen atoms in total. The number of carbonyl (C=O) groups is 1. The van der Waals surface area contributed by atoms with Crippen LogP contribution in [0, 0.1) is 5.92 Å². The van der Waals surface area contributed by atoms with E-state index < -0.39 is 0 Å². The second kappa shape index (κ2) is 3.04. The molecule has 1 heteroatoms. The molecule has 1 rings (SSSR count). The van der Waals surface area contributed by atoms with E-state index in [1.165, 1.54) is 5.57 Å². The molecule has 0 saturated heterocycles. The van der Waals surface area contributed by atoms with Gasteiger partial charge in [0.05, 0.1) is 0 Å². The largest absolute Gasteiger partial charge is 0.298 e. The fourth-order valence-corrected chi connectivity index (χ4v) is 1.61. The van der Waals surface area contributed by atoms with E-state index in [2.05, 4.69) is 13.5 Å². The Balaban J connectivity index is 2.97. The molecule has 0 spiro atoms. The molecule has 0 aromatic rings. The van der Waals surface area contributed by atoms with E-state index in [0.717, 1.165) is 30.3 Å². The van der Waals surface area contributed by atoms with Crippen molar-refractivity contribution in [2.45, 2.75) is 26.7 Å². The molecule has 0 fully saturated rings. The summed E-state index contributed by atoms with van der Waals surface area (Å²) in [5, 5.41) is 0. The smallest absolute Gasteiger partial charge is 0.146 e. The fraction of sp³-hybridized carbons (Fsp3) is 0.500. The predicted molar refractivity (Wildman–Crippen MR) is 46.3 cm³/mol. The molecule has 0 unspecified atom stereocenters. The van der Waals surface area contributed by atoms with Crippen molar-refractivity contribution in [1.29, 1.82) is 0 Å². The lowest BCUT2D eigenvalue weighted by molar-refractivity contribution is -0.105. The zero-order chi connectivity index (χ0) is 8.43. The summed E-state index contributed by atoms with van der Waals surface area (Å²) >= 11 is 0. The summed E-state index contributed by atoms with van der Waals surface area (Å²) < 4.78 is 0. The summed E-state index contributed by atoms with van der Waals surface area (Å²) in [6.45, 7) is 7.92. The second-order valence-corrected chi connectivity index (χ2v) is 3.27. The third kappa shape index (κ3) is 1.42. The molecule has 1 atom stereocenters. The van der Waals surface area contributed by atoms with Gasteiger partial charge in [-0.1, -0.05) is 19.1 Å². The maximum absolute atomic E-state index is 10.6. The van der Waals surface area contributed by atoms with Gasteiger partial charge >= 0.3 is 0 Å². The molecule has 0 aromatic carbocycles. The summed E-state index contributed by atoms with van der Waals surface area (Å²) in [4.78, 5) is 10.6. The van der Waals surface area contributed by atoms with Crippen LogP contribution in [0.4, 0.5) is 0 Å². The van der Waals surface area contributed by atoms with Crippen LogP contribution in [0.3, 0.4) is 0 Å². The van der Waals surface area contributed by atoms with Crippen LogP contribution in [0.5, 0.6) is 0 Å². The van der Waals surface area contributed by atoms with Crippen LogP contribution < -0.4 is 0 Å². The molecule has 0 aromatic heterocycles. The molecule has 11 heavy (non-hydrogen) atoms. The first-order chi connectivity index (χ1) is 5.16. The molecule has 0 aliphatic heterocycles. The zero-order valence-electron chi connectivity index (χ0n) is 7.18. The molecule has 1 aliphatic carbocycles. The molecule has 0 amide bonds. The van der Waals surface area contributed by atoms with Gasteiger partial charge in [-0.15, -0.1) is 0 Å². The fourth-order valence-electron chi connectivity index (χ4n) is 1.61. The molecule has 0 bridgehead atoms. The van der Waals surface area contributed by atoms with E-state index >= 15 is 0 Å². The number of rotatable bonds is 2. The van der Waals surface area contributed by atoms with Gasteiger partial charge in [-0.25, -0.2) is 0 Å². The standard InChI is InChI=1S/C10H14O/c1-7(2)9-5-4-8(3)10(9)6-11/h6,8H,1,4-5H2,2-3H3/t8-/m1/s1. The lowest BCUT2D eigenvalue weighted by atomic mass is 10.0. The topological polar surface area (TPSA) is 17.1 Å². The van der Waals surface area contributed by atoms with Crippen molar-refractivity contribution < 1.29 is 4.79 Å². The van der Waals surface area contributed by atoms with Crippen molar-refractivity contribution in [3.8, 4) is 0 Å². The van der Waals surface area contributed by atoms with Gasteiger partial charge in [0.2, 0.25) is 0 Å². The Morgan fingerprint density at radius 1 is 1.73 bits per heavy atom. The Morgan fingerprint density at radius 3 is 2.73 bits per heavy atom. The Bertz CT molecular complexity index is 223. The second-order valence-electron chi connectivity index (χ2n) is 3.27. The summed E-state index contributed by atoms with van der Waals surface area (Å²) in [6.07, 6.45) is 3.13. The van der Waals surface area contributed by atoms with Crippen molar-refractivity contribution in [2.75, 3.05) is 0 Å². The quantitative estimate of drug-likeness (QED) is 0.553. The Morgan fingerprint density at radius 2 is 2.36 bits per heavy atom. The normalized spacial score (nSPS) is 24.0. The highest BCUT2D eigenvalue weighted by Crippen LogP contribution is 2.33. The highest BCUT2D eigenvalue weighted by Gasteiger charge is 2.20. The summed E-state index contributed by atoms with van der Waals surface area (Å²) in [6, 6.07) is 0. The van der Waals surface area contributed by atoms with Crippen LogP contribution in [0.15, 0.2) is 23.3 Å². The zero-order valence-corrected chi connectivity index (χ0v) is 7.18. The minimum atomic E-state index is 0.444. The van der Waals surface area contributed by atoms with E-state index in [1.54, 1.807) is 0 Å². The average Bonchev–Trinajstić information content (AvgIpc) is 2.30. The van der Waals surface area contributed by atoms with Gasteiger partial charge in [0.1, 0.15) is 6.29 Å². The van der Waals surface area contributed by atoms with Crippen molar-refractivity contribution in [1.82, 2.24) is 0 Å². The van der Waals surface area contributed by atoms with E-state index in [-0.39, 0.29) is 0 Å². The van der Waals surface area contributed by atoms with E-state index in [1.807, 2.05) is 6.92 Å². The first-order valence-corrected chi connectivity index (χ1v) is 4.01. The highest BCUT2D eigenvalue weighted by atomic mass is 16.1. The Kier molecular flexibility index (Phi) is 2.28. The van der Waals surface area contributed by atoms with Gasteiger partial charge in [-0.05, 0) is 36.8 Å². The lowest BCUT2D eigenvalue weighted by Gasteiger charge is -2.02. The minimum absolute atomic E-state index is 0.444. The summed E-state index contributed by atoms with van der Waals surface area (Å²) in [5.74, 6) is 0.444. The molecular weight excluding hydrogens is 136 g/mol. The van der Waals surface area contributed by atoms with Crippen molar-refractivity contribution in [2.24, 2.45) is 5.92 Å². The average molecular weight is 150 g/mol. The maximum atomic E-state index is 10.6. The van der Waals surface area contributed by atoms with Gasteiger partial charge < -0.3 is 0 Å². The summed E-state index contributed by atoms with van der Waals surface area (Å²) in [7, 11) is 0. The molecule has 0 saturated carbocycles. The highest BCUT2D eigenvalue weighted by molar-refractivity contribution is 5.78. The third-order valence-corrected chi connectivity index (χ3v) is 2.35. The summed E-state index contributed by atoms with van der Waals surface area (Å²) in [5.41, 5.74) is 3.21. The molecule has 0 radical (unpaired) electrons. The molecule has 0 heterocycles. The predicted octanol–water partition coefficient (Wildman–Crippen LogP) is 2.49. The van der Waals surface area contributed by atoms with Gasteiger partial charge in [-0.3, -0.25) is 4.79 Å². The Hall–Kier alpha value is -0.850. The number of hydrogen-bond donors (Lipinski definition) is 0. The van der Waals surface area contributed by atoms with Crippen molar-refractivity contribution >= 4 is 6.29 Å². The SMILES string of the molecule is C=C(C)C1=C(C=O)[C@H](C)CC1. The number of allylic oxidation sites excluding steroid dienone is 3. The number of hydrogen-bond acceptors (Lipinski definition) is 1. The van der Waals surface area contributed by atoms with Crippen LogP contribution in [-0.2, 0) is 4.79 Å². The van der Waals surface area contributed by atoms with Crippen LogP contribution >= 0.6 is 0 Å². The van der Waals surface area contributed by atoms with Crippen LogP contribution in [0.25, 0.3) is 0 Å². The van der Waals surface area contributed by atoms with E-state index in [4.69, 9.17) is 0 Å². The van der Waals surface area contributed by atoms with Gasteiger partial charge in [0, 0.05) is 0 Å². The van der Waals surface area contributed by atoms with E-state index in [0.29, 0.717) is 5.92 Å². The van der Waals surface area contributed by atoms with Crippen molar-refractivity contribution in [3.05, 3.63) is 23.3 Å². The number of aldehydes is 1. The molecule has 1 aliphatic rings. The molecular formula is C10H14O. The maximum Gasteiger partial charge on any atom is 0.146 e. The van der Waals surface area contributed by atoms with Crippen LogP contribution in [-0.4, -0.2) is 6.29 Å². The van der Waals surface area contributed by atoms with Gasteiger partial charge in [0.15, 0.2) is 0 Å². The molecule has 0 N–H and O–H groups in total. The van der Waals surface area contributed by atoms with E-state index in [9.17, 15) is 4.79 Å². The lowest BCUT2D eigenvalue weighted by Crippen LogP contribution is -1.94. The van der Waals surface area contributed by atoms with Crippen molar-refractivity contribution in [3.63, 3.8) is 0 Å². The Labute approximate surface area is 67.8 Å². The number of carbonyl (C=O) groups excluding carboxylic acids is 1. The van der Waals surface area contributed by atoms with Crippen LogP contribution in [0.1, 0.15) is 26.7 Å². The molecule has 60 valence electrons. The monoisotopic (exact) mass is 150 g/mol. The van der Waals surface area contributed by atoms with Gasteiger partial charge in [-0.2, -0.15) is 0 Å². The first kappa shape index (κ1) is 8.25.